The SMILES string of the molecule is C=CC(Cc1ccccc1)N=C. The van der Waals surface area contributed by atoms with Crippen LogP contribution >= 0.6 is 0 Å². The van der Waals surface area contributed by atoms with E-state index < -0.39 is 0 Å². The van der Waals surface area contributed by atoms with Crippen molar-refractivity contribution in [1.29, 1.82) is 0 Å². The van der Waals surface area contributed by atoms with E-state index in [0.717, 1.165) is 6.42 Å². The lowest BCUT2D eigenvalue weighted by molar-refractivity contribution is 0.820. The molecular formula is C11H13N. The van der Waals surface area contributed by atoms with Gasteiger partial charge in [-0.15, -0.1) is 6.58 Å². The van der Waals surface area contributed by atoms with Crippen molar-refractivity contribution in [3.63, 3.8) is 0 Å². The van der Waals surface area contributed by atoms with E-state index in [4.69, 9.17) is 0 Å². The molecule has 62 valence electrons. The molecule has 1 atom stereocenters. The maximum absolute atomic E-state index is 3.93. The van der Waals surface area contributed by atoms with Crippen LogP contribution in [-0.2, 0) is 6.42 Å². The van der Waals surface area contributed by atoms with Crippen molar-refractivity contribution < 1.29 is 0 Å². The summed E-state index contributed by atoms with van der Waals surface area (Å²) in [7, 11) is 0. The predicted octanol–water partition coefficient (Wildman–Crippen LogP) is 2.48. The first kappa shape index (κ1) is 8.72. The van der Waals surface area contributed by atoms with Crippen LogP contribution in [0.4, 0.5) is 0 Å². The van der Waals surface area contributed by atoms with Crippen molar-refractivity contribution >= 4 is 6.72 Å². The summed E-state index contributed by atoms with van der Waals surface area (Å²) in [5.74, 6) is 0. The van der Waals surface area contributed by atoms with E-state index in [1.165, 1.54) is 5.56 Å². The molecule has 0 N–H and O–H groups in total. The average Bonchev–Trinajstić information content (AvgIpc) is 2.16. The summed E-state index contributed by atoms with van der Waals surface area (Å²) < 4.78 is 0. The summed E-state index contributed by atoms with van der Waals surface area (Å²) in [5, 5.41) is 0. The van der Waals surface area contributed by atoms with Crippen molar-refractivity contribution in [2.45, 2.75) is 12.5 Å². The van der Waals surface area contributed by atoms with Gasteiger partial charge in [0.1, 0.15) is 0 Å². The van der Waals surface area contributed by atoms with Gasteiger partial charge in [-0.1, -0.05) is 36.4 Å². The van der Waals surface area contributed by atoms with E-state index in [-0.39, 0.29) is 6.04 Å². The Labute approximate surface area is 73.5 Å². The lowest BCUT2D eigenvalue weighted by Gasteiger charge is -2.05. The van der Waals surface area contributed by atoms with Gasteiger partial charge >= 0.3 is 0 Å². The van der Waals surface area contributed by atoms with E-state index in [2.05, 4.69) is 30.4 Å². The minimum Gasteiger partial charge on any atom is -0.293 e. The summed E-state index contributed by atoms with van der Waals surface area (Å²) in [6.07, 6.45) is 2.72. The third kappa shape index (κ3) is 2.35. The topological polar surface area (TPSA) is 12.4 Å². The Hall–Kier alpha value is -1.37. The first-order valence-electron chi connectivity index (χ1n) is 3.99. The van der Waals surface area contributed by atoms with Gasteiger partial charge in [-0.2, -0.15) is 0 Å². The van der Waals surface area contributed by atoms with Gasteiger partial charge in [-0.25, -0.2) is 0 Å². The molecule has 0 aliphatic carbocycles. The van der Waals surface area contributed by atoms with Crippen LogP contribution in [-0.4, -0.2) is 12.8 Å². The summed E-state index contributed by atoms with van der Waals surface area (Å²) in [5.41, 5.74) is 1.27. The molecule has 0 aliphatic heterocycles. The summed E-state index contributed by atoms with van der Waals surface area (Å²) in [6.45, 7) is 7.20. The lowest BCUT2D eigenvalue weighted by atomic mass is 10.1. The van der Waals surface area contributed by atoms with E-state index in [1.54, 1.807) is 0 Å². The molecular weight excluding hydrogens is 146 g/mol. The van der Waals surface area contributed by atoms with E-state index >= 15 is 0 Å². The zero-order chi connectivity index (χ0) is 8.81. The smallest absolute Gasteiger partial charge is 0.0710 e. The molecule has 12 heavy (non-hydrogen) atoms. The quantitative estimate of drug-likeness (QED) is 0.473. The van der Waals surface area contributed by atoms with Crippen LogP contribution in [0, 0.1) is 0 Å². The van der Waals surface area contributed by atoms with Gasteiger partial charge in [0.05, 0.1) is 6.04 Å². The highest BCUT2D eigenvalue weighted by Crippen LogP contribution is 2.05. The van der Waals surface area contributed by atoms with Crippen molar-refractivity contribution in [3.05, 3.63) is 48.6 Å². The first-order chi connectivity index (χ1) is 5.86. The van der Waals surface area contributed by atoms with Crippen LogP contribution in [0.3, 0.4) is 0 Å². The Kier molecular flexibility index (Phi) is 3.27. The fourth-order valence-corrected chi connectivity index (χ4v) is 1.08. The number of rotatable bonds is 4. The predicted molar refractivity (Wildman–Crippen MR) is 53.7 cm³/mol. The van der Waals surface area contributed by atoms with Crippen molar-refractivity contribution in [2.24, 2.45) is 4.99 Å². The highest BCUT2D eigenvalue weighted by Gasteiger charge is 1.99. The van der Waals surface area contributed by atoms with Crippen LogP contribution in [0.25, 0.3) is 0 Å². The molecule has 0 saturated heterocycles. The van der Waals surface area contributed by atoms with E-state index in [0.29, 0.717) is 0 Å². The number of hydrogen-bond acceptors (Lipinski definition) is 1. The number of aliphatic imine (C=N–C) groups is 1. The fraction of sp³-hybridized carbons (Fsp3) is 0.182. The Morgan fingerprint density at radius 1 is 1.33 bits per heavy atom. The molecule has 1 aromatic rings. The summed E-state index contributed by atoms with van der Waals surface area (Å²) >= 11 is 0. The molecule has 0 aliphatic rings. The third-order valence-electron chi connectivity index (χ3n) is 1.79. The molecule has 1 unspecified atom stereocenters. The van der Waals surface area contributed by atoms with Crippen molar-refractivity contribution in [1.82, 2.24) is 0 Å². The van der Waals surface area contributed by atoms with Gasteiger partial charge in [0.15, 0.2) is 0 Å². The Bertz CT molecular complexity index is 243. The average molecular weight is 159 g/mol. The molecule has 0 radical (unpaired) electrons. The van der Waals surface area contributed by atoms with Gasteiger partial charge in [-0.3, -0.25) is 4.99 Å². The molecule has 0 spiro atoms. The van der Waals surface area contributed by atoms with Gasteiger partial charge in [0.2, 0.25) is 0 Å². The molecule has 0 saturated carbocycles. The minimum absolute atomic E-state index is 0.146. The normalized spacial score (nSPS) is 12.0. The van der Waals surface area contributed by atoms with Crippen LogP contribution in [0.2, 0.25) is 0 Å². The molecule has 0 bridgehead atoms. The molecule has 0 amide bonds. The number of hydrogen-bond donors (Lipinski definition) is 0. The van der Waals surface area contributed by atoms with Crippen LogP contribution in [0.1, 0.15) is 5.56 Å². The highest BCUT2D eigenvalue weighted by atomic mass is 14.7. The molecule has 1 heteroatoms. The monoisotopic (exact) mass is 159 g/mol. The zero-order valence-electron chi connectivity index (χ0n) is 7.11. The molecule has 0 aromatic heterocycles. The van der Waals surface area contributed by atoms with Gasteiger partial charge in [0.25, 0.3) is 0 Å². The largest absolute Gasteiger partial charge is 0.293 e. The molecule has 0 heterocycles. The zero-order valence-corrected chi connectivity index (χ0v) is 7.11. The molecule has 0 fully saturated rings. The van der Waals surface area contributed by atoms with Crippen LogP contribution < -0.4 is 0 Å². The maximum atomic E-state index is 3.93. The Balaban J connectivity index is 2.62. The van der Waals surface area contributed by atoms with Gasteiger partial charge < -0.3 is 0 Å². The van der Waals surface area contributed by atoms with Crippen molar-refractivity contribution in [3.8, 4) is 0 Å². The van der Waals surface area contributed by atoms with Gasteiger partial charge in [-0.05, 0) is 18.7 Å². The van der Waals surface area contributed by atoms with Gasteiger partial charge in [0, 0.05) is 0 Å². The first-order valence-corrected chi connectivity index (χ1v) is 3.99. The molecule has 1 rings (SSSR count). The molecule has 1 nitrogen and oxygen atoms in total. The summed E-state index contributed by atoms with van der Waals surface area (Å²) in [4.78, 5) is 3.93. The molecule has 1 aromatic carbocycles. The second-order valence-electron chi connectivity index (χ2n) is 2.68. The maximum Gasteiger partial charge on any atom is 0.0710 e. The Morgan fingerprint density at radius 3 is 2.50 bits per heavy atom. The number of nitrogens with zero attached hydrogens (tertiary/aromatic N) is 1. The number of benzene rings is 1. The Morgan fingerprint density at radius 2 is 2.00 bits per heavy atom. The second-order valence-corrected chi connectivity index (χ2v) is 2.68. The second kappa shape index (κ2) is 4.50. The third-order valence-corrected chi connectivity index (χ3v) is 1.79. The van der Waals surface area contributed by atoms with Crippen LogP contribution in [0.15, 0.2) is 48.0 Å². The summed E-state index contributed by atoms with van der Waals surface area (Å²) in [6, 6.07) is 10.4. The van der Waals surface area contributed by atoms with E-state index in [1.807, 2.05) is 24.3 Å². The minimum atomic E-state index is 0.146. The fourth-order valence-electron chi connectivity index (χ4n) is 1.08. The van der Waals surface area contributed by atoms with E-state index in [9.17, 15) is 0 Å². The standard InChI is InChI=1S/C11H13N/c1-3-11(12-2)9-10-7-5-4-6-8-10/h3-8,11H,1-2,9H2. The van der Waals surface area contributed by atoms with Crippen molar-refractivity contribution in [2.75, 3.05) is 0 Å². The lowest BCUT2D eigenvalue weighted by Crippen LogP contribution is -2.03. The highest BCUT2D eigenvalue weighted by molar-refractivity contribution is 5.26. The van der Waals surface area contributed by atoms with Crippen LogP contribution in [0.5, 0.6) is 0 Å².